The standard InChI is InChI=1S/C30H50O2/c1-18(2)23(19(3)4)9-8-20(5)24-10-11-25-28-26(13-15-30(24,25)7)29(6)14-12-22(31)16-21(29)17-27(28)32/h8-9,17-20,22-28,31-32H,10-16H2,1-7H3/b9-8-/t20?,22-,24?,25?,26?,27+,28?,29-,30+/m0/s1. The van der Waals surface area contributed by atoms with Crippen LogP contribution in [0, 0.1) is 58.2 Å². The van der Waals surface area contributed by atoms with Gasteiger partial charge in [0.05, 0.1) is 12.2 Å². The summed E-state index contributed by atoms with van der Waals surface area (Å²) in [4.78, 5) is 0. The SMILES string of the molecule is CC(C)C(/C=C\C(C)C1CCC2C3C(CC[C@]12C)[C@@]1(C)CC[C@H](O)CC1=C[C@H]3O)C(C)C. The molecule has 4 rings (SSSR count). The van der Waals surface area contributed by atoms with Gasteiger partial charge >= 0.3 is 0 Å². The summed E-state index contributed by atoms with van der Waals surface area (Å²) >= 11 is 0. The Morgan fingerprint density at radius 3 is 2.22 bits per heavy atom. The lowest BCUT2D eigenvalue weighted by molar-refractivity contribution is -0.0950. The maximum atomic E-state index is 11.4. The van der Waals surface area contributed by atoms with Crippen LogP contribution in [0.5, 0.6) is 0 Å². The van der Waals surface area contributed by atoms with E-state index in [2.05, 4.69) is 66.7 Å². The largest absolute Gasteiger partial charge is 0.393 e. The fourth-order valence-corrected chi connectivity index (χ4v) is 9.19. The van der Waals surface area contributed by atoms with E-state index in [0.29, 0.717) is 46.8 Å². The second kappa shape index (κ2) is 8.88. The topological polar surface area (TPSA) is 40.5 Å². The van der Waals surface area contributed by atoms with Crippen molar-refractivity contribution in [3.8, 4) is 0 Å². The first-order chi connectivity index (χ1) is 15.0. The predicted molar refractivity (Wildman–Crippen MR) is 134 cm³/mol. The van der Waals surface area contributed by atoms with E-state index in [0.717, 1.165) is 25.2 Å². The highest BCUT2D eigenvalue weighted by atomic mass is 16.3. The first kappa shape index (κ1) is 24.5. The molecule has 4 aliphatic rings. The van der Waals surface area contributed by atoms with E-state index in [-0.39, 0.29) is 17.6 Å². The lowest BCUT2D eigenvalue weighted by atomic mass is 9.46. The molecule has 0 aromatic rings. The number of hydrogen-bond acceptors (Lipinski definition) is 2. The summed E-state index contributed by atoms with van der Waals surface area (Å²) in [7, 11) is 0. The van der Waals surface area contributed by atoms with Crippen molar-refractivity contribution in [3.05, 3.63) is 23.8 Å². The van der Waals surface area contributed by atoms with Gasteiger partial charge in [0.15, 0.2) is 0 Å². The summed E-state index contributed by atoms with van der Waals surface area (Å²) < 4.78 is 0. The van der Waals surface area contributed by atoms with Crippen LogP contribution in [-0.4, -0.2) is 22.4 Å². The van der Waals surface area contributed by atoms with Crippen molar-refractivity contribution < 1.29 is 10.2 Å². The zero-order valence-electron chi connectivity index (χ0n) is 21.8. The van der Waals surface area contributed by atoms with Gasteiger partial charge in [-0.25, -0.2) is 0 Å². The molecule has 0 radical (unpaired) electrons. The molecule has 0 bridgehead atoms. The molecule has 0 spiro atoms. The molecule has 32 heavy (non-hydrogen) atoms. The molecule has 4 aliphatic carbocycles. The van der Waals surface area contributed by atoms with Gasteiger partial charge in [0.25, 0.3) is 0 Å². The predicted octanol–water partition coefficient (Wildman–Crippen LogP) is 7.02. The van der Waals surface area contributed by atoms with E-state index >= 15 is 0 Å². The lowest BCUT2D eigenvalue weighted by Gasteiger charge is -2.59. The highest BCUT2D eigenvalue weighted by Gasteiger charge is 2.61. The normalized spacial score (nSPS) is 45.2. The van der Waals surface area contributed by atoms with Gasteiger partial charge in [-0.05, 0) is 103 Å². The van der Waals surface area contributed by atoms with Gasteiger partial charge in [-0.1, -0.05) is 72.3 Å². The first-order valence-electron chi connectivity index (χ1n) is 13.7. The van der Waals surface area contributed by atoms with Crippen LogP contribution >= 0.6 is 0 Å². The number of aliphatic hydroxyl groups excluding tert-OH is 2. The van der Waals surface area contributed by atoms with Crippen molar-refractivity contribution in [1.82, 2.24) is 0 Å². The minimum atomic E-state index is -0.325. The molecule has 0 aromatic heterocycles. The Hall–Kier alpha value is -0.600. The molecule has 3 saturated carbocycles. The average molecular weight is 443 g/mol. The molecule has 0 aliphatic heterocycles. The summed E-state index contributed by atoms with van der Waals surface area (Å²) in [6.07, 6.45) is 14.6. The van der Waals surface area contributed by atoms with Crippen molar-refractivity contribution in [2.45, 2.75) is 106 Å². The van der Waals surface area contributed by atoms with Gasteiger partial charge in [-0.3, -0.25) is 0 Å². The first-order valence-corrected chi connectivity index (χ1v) is 13.7. The maximum Gasteiger partial charge on any atom is 0.0757 e. The monoisotopic (exact) mass is 442 g/mol. The van der Waals surface area contributed by atoms with Crippen LogP contribution in [0.3, 0.4) is 0 Å². The van der Waals surface area contributed by atoms with Crippen molar-refractivity contribution in [2.75, 3.05) is 0 Å². The zero-order valence-corrected chi connectivity index (χ0v) is 21.8. The second-order valence-corrected chi connectivity index (χ2v) is 13.3. The molecule has 2 N–H and O–H groups in total. The highest BCUT2D eigenvalue weighted by molar-refractivity contribution is 5.28. The number of rotatable bonds is 5. The molecule has 0 heterocycles. The molecule has 182 valence electrons. The van der Waals surface area contributed by atoms with Crippen LogP contribution in [-0.2, 0) is 0 Å². The van der Waals surface area contributed by atoms with E-state index in [1.165, 1.54) is 31.3 Å². The van der Waals surface area contributed by atoms with Gasteiger partial charge in [0.1, 0.15) is 0 Å². The number of fused-ring (bicyclic) bond motifs is 5. The Kier molecular flexibility index (Phi) is 6.80. The molecule has 9 atom stereocenters. The van der Waals surface area contributed by atoms with E-state index in [9.17, 15) is 10.2 Å². The molecule has 5 unspecified atom stereocenters. The maximum absolute atomic E-state index is 11.4. The molecule has 2 nitrogen and oxygen atoms in total. The molecule has 3 fully saturated rings. The molecule has 0 amide bonds. The summed E-state index contributed by atoms with van der Waals surface area (Å²) in [5.74, 6) is 4.98. The molecular weight excluding hydrogens is 392 g/mol. The molecule has 0 aromatic carbocycles. The van der Waals surface area contributed by atoms with Crippen molar-refractivity contribution in [3.63, 3.8) is 0 Å². The third-order valence-electron chi connectivity index (χ3n) is 11.0. The second-order valence-electron chi connectivity index (χ2n) is 13.3. The van der Waals surface area contributed by atoms with Crippen LogP contribution in [0.15, 0.2) is 23.8 Å². The number of hydrogen-bond donors (Lipinski definition) is 2. The Morgan fingerprint density at radius 1 is 0.875 bits per heavy atom. The van der Waals surface area contributed by atoms with Crippen LogP contribution < -0.4 is 0 Å². The summed E-state index contributed by atoms with van der Waals surface area (Å²) in [6, 6.07) is 0. The van der Waals surface area contributed by atoms with Crippen LogP contribution in [0.25, 0.3) is 0 Å². The summed E-state index contributed by atoms with van der Waals surface area (Å²) in [5, 5.41) is 21.6. The smallest absolute Gasteiger partial charge is 0.0757 e. The quantitative estimate of drug-likeness (QED) is 0.449. The van der Waals surface area contributed by atoms with E-state index < -0.39 is 0 Å². The fraction of sp³-hybridized carbons (Fsp3) is 0.867. The Labute approximate surface area is 198 Å². The van der Waals surface area contributed by atoms with E-state index in [1.807, 2.05) is 0 Å². The molecular formula is C30H50O2. The van der Waals surface area contributed by atoms with E-state index in [1.54, 1.807) is 0 Å². The number of allylic oxidation sites excluding steroid dienone is 2. The summed E-state index contributed by atoms with van der Waals surface area (Å²) in [6.45, 7) is 16.9. The van der Waals surface area contributed by atoms with Crippen LogP contribution in [0.2, 0.25) is 0 Å². The van der Waals surface area contributed by atoms with Crippen molar-refractivity contribution in [1.29, 1.82) is 0 Å². The Bertz CT molecular complexity index is 727. The Morgan fingerprint density at radius 2 is 1.56 bits per heavy atom. The molecule has 0 saturated heterocycles. The third-order valence-corrected chi connectivity index (χ3v) is 11.0. The Balaban J connectivity index is 1.56. The van der Waals surface area contributed by atoms with Crippen LogP contribution in [0.1, 0.15) is 93.4 Å². The van der Waals surface area contributed by atoms with E-state index in [4.69, 9.17) is 0 Å². The average Bonchev–Trinajstić information content (AvgIpc) is 3.06. The minimum absolute atomic E-state index is 0.190. The van der Waals surface area contributed by atoms with Crippen molar-refractivity contribution in [2.24, 2.45) is 58.2 Å². The van der Waals surface area contributed by atoms with Crippen molar-refractivity contribution >= 4 is 0 Å². The third kappa shape index (κ3) is 3.96. The van der Waals surface area contributed by atoms with Gasteiger partial charge < -0.3 is 10.2 Å². The van der Waals surface area contributed by atoms with Gasteiger partial charge in [-0.2, -0.15) is 0 Å². The molecule has 2 heteroatoms. The number of aliphatic hydroxyl groups is 2. The fourth-order valence-electron chi connectivity index (χ4n) is 9.19. The minimum Gasteiger partial charge on any atom is -0.393 e. The van der Waals surface area contributed by atoms with Gasteiger partial charge in [-0.15, -0.1) is 0 Å². The van der Waals surface area contributed by atoms with Gasteiger partial charge in [0.2, 0.25) is 0 Å². The summed E-state index contributed by atoms with van der Waals surface area (Å²) in [5.41, 5.74) is 1.89. The van der Waals surface area contributed by atoms with Gasteiger partial charge in [0, 0.05) is 0 Å². The van der Waals surface area contributed by atoms with Crippen LogP contribution in [0.4, 0.5) is 0 Å². The lowest BCUT2D eigenvalue weighted by Crippen LogP contribution is -2.54. The zero-order chi connectivity index (χ0) is 23.4. The highest BCUT2D eigenvalue weighted by Crippen LogP contribution is 2.67.